The van der Waals surface area contributed by atoms with Crippen LogP contribution < -0.4 is 10.1 Å². The maximum absolute atomic E-state index is 13.9. The van der Waals surface area contributed by atoms with Gasteiger partial charge in [0.1, 0.15) is 16.4 Å². The quantitative estimate of drug-likeness (QED) is 0.715. The van der Waals surface area contributed by atoms with Crippen LogP contribution in [0.15, 0.2) is 42.5 Å². The maximum atomic E-state index is 13.9. The number of ether oxygens (including phenoxy) is 1. The number of methoxy groups -OCH3 is 1. The number of hydrogen-bond acceptors (Lipinski definition) is 3. The van der Waals surface area contributed by atoms with Crippen LogP contribution in [-0.4, -0.2) is 19.6 Å². The van der Waals surface area contributed by atoms with Crippen molar-refractivity contribution in [3.63, 3.8) is 0 Å². The number of rotatable bonds is 5. The van der Waals surface area contributed by atoms with Gasteiger partial charge in [0, 0.05) is 16.6 Å². The van der Waals surface area contributed by atoms with Crippen LogP contribution in [0.2, 0.25) is 5.02 Å². The molecule has 0 saturated heterocycles. The van der Waals surface area contributed by atoms with Gasteiger partial charge in [0.25, 0.3) is 5.91 Å². The lowest BCUT2D eigenvalue weighted by atomic mass is 10.1. The fraction of sp³-hybridized carbons (Fsp3) is 0.167. The summed E-state index contributed by atoms with van der Waals surface area (Å²) >= 11 is 7.38. The van der Waals surface area contributed by atoms with Gasteiger partial charge in [-0.05, 0) is 30.2 Å². The lowest BCUT2D eigenvalue weighted by Gasteiger charge is -2.08. The van der Waals surface area contributed by atoms with E-state index >= 15 is 0 Å². The SMILES string of the molecule is COc1ccccc1CCNC(=O)c1sc2cccc(F)c2c1Cl. The third kappa shape index (κ3) is 3.23. The molecule has 0 spiro atoms. The van der Waals surface area contributed by atoms with Crippen LogP contribution in [0.3, 0.4) is 0 Å². The van der Waals surface area contributed by atoms with Crippen LogP contribution in [0.5, 0.6) is 5.75 Å². The number of amides is 1. The van der Waals surface area contributed by atoms with Crippen LogP contribution in [0, 0.1) is 5.82 Å². The standard InChI is InChI=1S/C18H15ClFNO2S/c1-23-13-7-3-2-5-11(13)9-10-21-18(22)17-16(19)15-12(20)6-4-8-14(15)24-17/h2-8H,9-10H2,1H3,(H,21,22). The first kappa shape index (κ1) is 16.7. The molecule has 0 radical (unpaired) electrons. The molecule has 3 nitrogen and oxygen atoms in total. The molecule has 1 amide bonds. The van der Waals surface area contributed by atoms with Crippen LogP contribution in [0.4, 0.5) is 4.39 Å². The molecule has 0 aliphatic heterocycles. The van der Waals surface area contributed by atoms with Gasteiger partial charge >= 0.3 is 0 Å². The molecule has 0 atom stereocenters. The average Bonchev–Trinajstić information content (AvgIpc) is 2.93. The van der Waals surface area contributed by atoms with Gasteiger partial charge in [0.2, 0.25) is 0 Å². The number of benzene rings is 2. The summed E-state index contributed by atoms with van der Waals surface area (Å²) in [7, 11) is 1.61. The normalized spacial score (nSPS) is 10.8. The smallest absolute Gasteiger partial charge is 0.262 e. The van der Waals surface area contributed by atoms with Crippen molar-refractivity contribution >= 4 is 38.9 Å². The largest absolute Gasteiger partial charge is 0.496 e. The van der Waals surface area contributed by atoms with Crippen molar-refractivity contribution in [3.05, 3.63) is 63.7 Å². The number of nitrogens with one attached hydrogen (secondary N) is 1. The molecule has 6 heteroatoms. The van der Waals surface area contributed by atoms with Crippen LogP contribution >= 0.6 is 22.9 Å². The third-order valence-corrected chi connectivity index (χ3v) is 5.33. The molecule has 0 unspecified atom stereocenters. The highest BCUT2D eigenvalue weighted by Gasteiger charge is 2.19. The number of hydrogen-bond donors (Lipinski definition) is 1. The van der Waals surface area contributed by atoms with Crippen molar-refractivity contribution < 1.29 is 13.9 Å². The van der Waals surface area contributed by atoms with Crippen molar-refractivity contribution in [2.45, 2.75) is 6.42 Å². The Hall–Kier alpha value is -2.11. The number of halogens is 2. The minimum Gasteiger partial charge on any atom is -0.496 e. The molecular weight excluding hydrogens is 349 g/mol. The summed E-state index contributed by atoms with van der Waals surface area (Å²) in [5.41, 5.74) is 1.01. The minimum absolute atomic E-state index is 0.169. The molecule has 124 valence electrons. The van der Waals surface area contributed by atoms with Gasteiger partial charge in [-0.15, -0.1) is 11.3 Å². The van der Waals surface area contributed by atoms with Gasteiger partial charge in [0.15, 0.2) is 0 Å². The Kier molecular flexibility index (Phi) is 5.02. The molecule has 0 fully saturated rings. The van der Waals surface area contributed by atoms with Crippen LogP contribution in [0.1, 0.15) is 15.2 Å². The Labute approximate surface area is 148 Å². The molecule has 1 N–H and O–H groups in total. The Morgan fingerprint density at radius 1 is 1.25 bits per heavy atom. The molecule has 1 heterocycles. The van der Waals surface area contributed by atoms with Gasteiger partial charge in [-0.1, -0.05) is 35.9 Å². The van der Waals surface area contributed by atoms with E-state index in [9.17, 15) is 9.18 Å². The first-order valence-electron chi connectivity index (χ1n) is 7.38. The maximum Gasteiger partial charge on any atom is 0.262 e. The summed E-state index contributed by atoms with van der Waals surface area (Å²) in [4.78, 5) is 12.7. The van der Waals surface area contributed by atoms with Gasteiger partial charge in [-0.2, -0.15) is 0 Å². The fourth-order valence-electron chi connectivity index (χ4n) is 2.52. The first-order chi connectivity index (χ1) is 11.6. The van der Waals surface area contributed by atoms with Gasteiger partial charge in [-0.3, -0.25) is 4.79 Å². The first-order valence-corrected chi connectivity index (χ1v) is 8.58. The van der Waals surface area contributed by atoms with Gasteiger partial charge in [-0.25, -0.2) is 4.39 Å². The number of carbonyl (C=O) groups excluding carboxylic acids is 1. The molecule has 1 aromatic heterocycles. The van der Waals surface area contributed by atoms with Crippen molar-refractivity contribution in [1.29, 1.82) is 0 Å². The van der Waals surface area contributed by atoms with Crippen molar-refractivity contribution in [1.82, 2.24) is 5.32 Å². The Balaban J connectivity index is 1.72. The summed E-state index contributed by atoms with van der Waals surface area (Å²) < 4.78 is 19.8. The monoisotopic (exact) mass is 363 g/mol. The lowest BCUT2D eigenvalue weighted by molar-refractivity contribution is 0.0958. The third-order valence-electron chi connectivity index (χ3n) is 3.68. The summed E-state index contributed by atoms with van der Waals surface area (Å²) in [5.74, 6) is 0.0750. The van der Waals surface area contributed by atoms with E-state index in [0.717, 1.165) is 11.3 Å². The number of carbonyl (C=O) groups is 1. The predicted octanol–water partition coefficient (Wildman–Crippen LogP) is 4.67. The second-order valence-corrected chi connectivity index (χ2v) is 6.61. The minimum atomic E-state index is -0.415. The van der Waals surface area contributed by atoms with Crippen molar-refractivity contribution in [2.24, 2.45) is 0 Å². The highest BCUT2D eigenvalue weighted by atomic mass is 35.5. The highest BCUT2D eigenvalue weighted by Crippen LogP contribution is 2.36. The van der Waals surface area contributed by atoms with Crippen molar-refractivity contribution in [3.8, 4) is 5.75 Å². The summed E-state index contributed by atoms with van der Waals surface area (Å²) in [6.45, 7) is 0.437. The number of para-hydroxylation sites is 1. The van der Waals surface area contributed by atoms with Gasteiger partial charge < -0.3 is 10.1 Å². The van der Waals surface area contributed by atoms with Crippen molar-refractivity contribution in [2.75, 3.05) is 13.7 Å². The Bertz CT molecular complexity index is 894. The zero-order valence-electron chi connectivity index (χ0n) is 12.9. The second-order valence-electron chi connectivity index (χ2n) is 5.18. The van der Waals surface area contributed by atoms with Crippen LogP contribution in [-0.2, 0) is 6.42 Å². The summed E-state index contributed by atoms with van der Waals surface area (Å²) in [6.07, 6.45) is 0.632. The molecule has 0 bridgehead atoms. The molecule has 3 rings (SSSR count). The molecular formula is C18H15ClFNO2S. The van der Waals surface area contributed by atoms with E-state index in [1.54, 1.807) is 19.2 Å². The predicted molar refractivity (Wildman–Crippen MR) is 95.8 cm³/mol. The van der Waals surface area contributed by atoms with E-state index in [1.165, 1.54) is 17.4 Å². The van der Waals surface area contributed by atoms with E-state index < -0.39 is 5.82 Å². The Morgan fingerprint density at radius 3 is 2.79 bits per heavy atom. The number of fused-ring (bicyclic) bond motifs is 1. The zero-order chi connectivity index (χ0) is 17.1. The Morgan fingerprint density at radius 2 is 2.04 bits per heavy atom. The molecule has 24 heavy (non-hydrogen) atoms. The molecule has 0 saturated carbocycles. The van der Waals surface area contributed by atoms with E-state index in [1.807, 2.05) is 24.3 Å². The zero-order valence-corrected chi connectivity index (χ0v) is 14.5. The molecule has 2 aromatic carbocycles. The fourth-order valence-corrected chi connectivity index (χ4v) is 3.99. The lowest BCUT2D eigenvalue weighted by Crippen LogP contribution is -2.25. The molecule has 3 aromatic rings. The van der Waals surface area contributed by atoms with E-state index in [4.69, 9.17) is 16.3 Å². The highest BCUT2D eigenvalue weighted by molar-refractivity contribution is 7.21. The summed E-state index contributed by atoms with van der Waals surface area (Å²) in [5, 5.41) is 3.30. The second kappa shape index (κ2) is 7.20. The van der Waals surface area contributed by atoms with Gasteiger partial charge in [0.05, 0.1) is 12.1 Å². The van der Waals surface area contributed by atoms with E-state index in [0.29, 0.717) is 27.9 Å². The van der Waals surface area contributed by atoms with E-state index in [2.05, 4.69) is 5.32 Å². The van der Waals surface area contributed by atoms with Crippen LogP contribution in [0.25, 0.3) is 10.1 Å². The average molecular weight is 364 g/mol. The molecule has 0 aliphatic carbocycles. The number of thiophene rings is 1. The topological polar surface area (TPSA) is 38.3 Å². The van der Waals surface area contributed by atoms with E-state index in [-0.39, 0.29) is 10.9 Å². The molecule has 0 aliphatic rings. The summed E-state index contributed by atoms with van der Waals surface area (Å²) in [6, 6.07) is 12.3.